The Morgan fingerprint density at radius 3 is 2.83 bits per heavy atom. The summed E-state index contributed by atoms with van der Waals surface area (Å²) >= 11 is 9.39. The van der Waals surface area contributed by atoms with Crippen LogP contribution in [-0.4, -0.2) is 33.5 Å². The quantitative estimate of drug-likeness (QED) is 0.522. The minimum absolute atomic E-state index is 0.201. The number of hydrogen-bond donors (Lipinski definition) is 2. The zero-order valence-electron chi connectivity index (χ0n) is 15.2. The molecular weight excluding hydrogens is 446 g/mol. The average molecular weight is 464 g/mol. The number of carbonyl (C=O) groups excluding carboxylic acids is 3. The van der Waals surface area contributed by atoms with Gasteiger partial charge in [0.05, 0.1) is 10.5 Å². The number of nitrogens with two attached hydrogens (primary N) is 1. The minimum atomic E-state index is -0.538. The third kappa shape index (κ3) is 4.16. The first-order valence-electron chi connectivity index (χ1n) is 8.97. The molecule has 1 saturated heterocycles. The molecule has 1 fully saturated rings. The van der Waals surface area contributed by atoms with Gasteiger partial charge in [-0.2, -0.15) is 0 Å². The first-order valence-corrected chi connectivity index (χ1v) is 11.9. The summed E-state index contributed by atoms with van der Waals surface area (Å²) in [6.45, 7) is -0.201. The second-order valence-electron chi connectivity index (χ2n) is 6.61. The lowest BCUT2D eigenvalue weighted by atomic mass is 9.95. The van der Waals surface area contributed by atoms with Gasteiger partial charge in [-0.25, -0.2) is 0 Å². The van der Waals surface area contributed by atoms with Crippen LogP contribution < -0.4 is 11.1 Å². The molecule has 4 rings (SSSR count). The lowest BCUT2D eigenvalue weighted by Gasteiger charge is -2.14. The van der Waals surface area contributed by atoms with E-state index in [0.717, 1.165) is 41.0 Å². The van der Waals surface area contributed by atoms with Crippen molar-refractivity contribution in [1.29, 1.82) is 0 Å². The van der Waals surface area contributed by atoms with Gasteiger partial charge in [-0.3, -0.25) is 19.3 Å². The van der Waals surface area contributed by atoms with Crippen molar-refractivity contribution in [1.82, 2.24) is 4.90 Å². The third-order valence-corrected chi connectivity index (χ3v) is 8.07. The molecule has 2 aromatic heterocycles. The number of hydrogen-bond acceptors (Lipinski definition) is 7. The highest BCUT2D eigenvalue weighted by Gasteiger charge is 2.34. The standard InChI is InChI=1S/C19H17N3O3S4/c20-16(24)15-11-5-1-2-6-12(11)28-17(15)21-14(23)9-22-18(25)13(29-19(22)26)8-10-4-3-7-27-10/h3-4,7-8H,1-2,5-6,9H2,(H2,20,24)(H,21,23)/b13-8+. The number of amides is 3. The molecule has 0 spiro atoms. The fraction of sp³-hybridized carbons (Fsp3) is 0.263. The molecule has 2 aromatic rings. The summed E-state index contributed by atoms with van der Waals surface area (Å²) in [6, 6.07) is 3.81. The monoisotopic (exact) mass is 463 g/mol. The lowest BCUT2D eigenvalue weighted by Crippen LogP contribution is -2.36. The van der Waals surface area contributed by atoms with E-state index in [1.807, 2.05) is 17.5 Å². The lowest BCUT2D eigenvalue weighted by molar-refractivity contribution is -0.126. The second kappa shape index (κ2) is 8.39. The Morgan fingerprint density at radius 1 is 1.31 bits per heavy atom. The maximum atomic E-state index is 12.7. The summed E-state index contributed by atoms with van der Waals surface area (Å²) in [5.41, 5.74) is 6.93. The van der Waals surface area contributed by atoms with Crippen LogP contribution in [0.5, 0.6) is 0 Å². The fourth-order valence-electron chi connectivity index (χ4n) is 3.36. The largest absolute Gasteiger partial charge is 0.365 e. The second-order valence-corrected chi connectivity index (χ2v) is 10.4. The molecule has 29 heavy (non-hydrogen) atoms. The highest BCUT2D eigenvalue weighted by molar-refractivity contribution is 8.26. The first kappa shape index (κ1) is 20.3. The molecule has 3 amide bonds. The molecule has 0 radical (unpaired) electrons. The number of aryl methyl sites for hydroxylation is 1. The van der Waals surface area contributed by atoms with E-state index in [-0.39, 0.29) is 12.5 Å². The molecule has 0 saturated carbocycles. The Kier molecular flexibility index (Phi) is 5.86. The molecule has 3 N–H and O–H groups in total. The van der Waals surface area contributed by atoms with Crippen molar-refractivity contribution in [3.8, 4) is 0 Å². The highest BCUT2D eigenvalue weighted by Crippen LogP contribution is 2.38. The van der Waals surface area contributed by atoms with E-state index in [2.05, 4.69) is 5.32 Å². The smallest absolute Gasteiger partial charge is 0.266 e. The summed E-state index contributed by atoms with van der Waals surface area (Å²) < 4.78 is 0.341. The van der Waals surface area contributed by atoms with Crippen LogP contribution in [0.3, 0.4) is 0 Å². The van der Waals surface area contributed by atoms with E-state index in [9.17, 15) is 14.4 Å². The Balaban J connectivity index is 1.49. The number of carbonyl (C=O) groups is 3. The molecule has 0 aromatic carbocycles. The van der Waals surface area contributed by atoms with Gasteiger partial charge in [0.15, 0.2) is 0 Å². The zero-order chi connectivity index (χ0) is 20.5. The van der Waals surface area contributed by atoms with Crippen LogP contribution in [0.4, 0.5) is 5.00 Å². The molecular formula is C19H17N3O3S4. The van der Waals surface area contributed by atoms with Crippen molar-refractivity contribution in [2.24, 2.45) is 5.73 Å². The number of rotatable bonds is 5. The van der Waals surface area contributed by atoms with Crippen molar-refractivity contribution in [2.75, 3.05) is 11.9 Å². The predicted octanol–water partition coefficient (Wildman–Crippen LogP) is 3.63. The van der Waals surface area contributed by atoms with E-state index in [1.165, 1.54) is 39.3 Å². The van der Waals surface area contributed by atoms with Gasteiger partial charge in [0, 0.05) is 9.75 Å². The van der Waals surface area contributed by atoms with Gasteiger partial charge >= 0.3 is 0 Å². The van der Waals surface area contributed by atoms with Crippen LogP contribution in [-0.2, 0) is 22.4 Å². The van der Waals surface area contributed by atoms with Crippen LogP contribution >= 0.6 is 46.7 Å². The molecule has 0 atom stereocenters. The molecule has 10 heteroatoms. The van der Waals surface area contributed by atoms with Gasteiger partial charge < -0.3 is 11.1 Å². The number of primary amides is 1. The number of thiophene rings is 2. The minimum Gasteiger partial charge on any atom is -0.365 e. The molecule has 6 nitrogen and oxygen atoms in total. The molecule has 150 valence electrons. The number of fused-ring (bicyclic) bond motifs is 1. The van der Waals surface area contributed by atoms with Crippen molar-refractivity contribution >= 4 is 79.8 Å². The molecule has 2 aliphatic rings. The number of nitrogens with one attached hydrogen (secondary N) is 1. The number of thiocarbonyl (C=S) groups is 1. The van der Waals surface area contributed by atoms with Crippen LogP contribution in [0, 0.1) is 0 Å². The van der Waals surface area contributed by atoms with Crippen LogP contribution in [0.1, 0.15) is 38.5 Å². The number of thioether (sulfide) groups is 1. The van der Waals surface area contributed by atoms with Crippen molar-refractivity contribution in [3.05, 3.63) is 43.3 Å². The normalized spacial score (nSPS) is 17.7. The van der Waals surface area contributed by atoms with E-state index in [1.54, 1.807) is 6.08 Å². The van der Waals surface area contributed by atoms with Crippen molar-refractivity contribution in [3.63, 3.8) is 0 Å². The Hall–Kier alpha value is -2.01. The predicted molar refractivity (Wildman–Crippen MR) is 122 cm³/mol. The van der Waals surface area contributed by atoms with E-state index < -0.39 is 11.8 Å². The van der Waals surface area contributed by atoms with Crippen LogP contribution in [0.2, 0.25) is 0 Å². The topological polar surface area (TPSA) is 92.5 Å². The van der Waals surface area contributed by atoms with Crippen molar-refractivity contribution in [2.45, 2.75) is 25.7 Å². The summed E-state index contributed by atoms with van der Waals surface area (Å²) in [7, 11) is 0. The first-order chi connectivity index (χ1) is 13.9. The zero-order valence-corrected chi connectivity index (χ0v) is 18.5. The summed E-state index contributed by atoms with van der Waals surface area (Å²) in [5, 5.41) is 5.17. The van der Waals surface area contributed by atoms with Crippen LogP contribution in [0.15, 0.2) is 22.4 Å². The summed E-state index contributed by atoms with van der Waals surface area (Å²) in [6.07, 6.45) is 5.53. The third-order valence-electron chi connectivity index (χ3n) is 4.66. The molecule has 3 heterocycles. The molecule has 0 bridgehead atoms. The van der Waals surface area contributed by atoms with Gasteiger partial charge in [0.1, 0.15) is 15.9 Å². The van der Waals surface area contributed by atoms with Gasteiger partial charge in [-0.05, 0) is 48.8 Å². The van der Waals surface area contributed by atoms with E-state index in [0.29, 0.717) is 19.8 Å². The van der Waals surface area contributed by atoms with Gasteiger partial charge in [-0.15, -0.1) is 22.7 Å². The fourth-order valence-corrected chi connectivity index (χ4v) is 6.65. The van der Waals surface area contributed by atoms with Crippen LogP contribution in [0.25, 0.3) is 6.08 Å². The summed E-state index contributed by atoms with van der Waals surface area (Å²) in [5.74, 6) is -1.23. The Morgan fingerprint density at radius 2 is 2.10 bits per heavy atom. The van der Waals surface area contributed by atoms with E-state index in [4.69, 9.17) is 18.0 Å². The number of anilines is 1. The Labute approximate surface area is 185 Å². The molecule has 1 aliphatic heterocycles. The maximum Gasteiger partial charge on any atom is 0.266 e. The van der Waals surface area contributed by atoms with Gasteiger partial charge in [0.25, 0.3) is 11.8 Å². The van der Waals surface area contributed by atoms with Gasteiger partial charge in [0.2, 0.25) is 5.91 Å². The average Bonchev–Trinajstić information content (AvgIpc) is 3.37. The highest BCUT2D eigenvalue weighted by atomic mass is 32.2. The van der Waals surface area contributed by atoms with E-state index >= 15 is 0 Å². The SMILES string of the molecule is NC(=O)c1c(NC(=O)CN2C(=O)/C(=C\c3cccs3)SC2=S)sc2c1CCCC2. The summed E-state index contributed by atoms with van der Waals surface area (Å²) in [4.78, 5) is 41.1. The van der Waals surface area contributed by atoms with Gasteiger partial charge in [-0.1, -0.05) is 30.0 Å². The Bertz CT molecular complexity index is 1040. The molecule has 1 aliphatic carbocycles. The molecule has 0 unspecified atom stereocenters. The van der Waals surface area contributed by atoms with Crippen molar-refractivity contribution < 1.29 is 14.4 Å². The number of nitrogens with zero attached hydrogens (tertiary/aromatic N) is 1. The maximum absolute atomic E-state index is 12.7.